The summed E-state index contributed by atoms with van der Waals surface area (Å²) in [4.78, 5) is 10.9. The fourth-order valence-electron chi connectivity index (χ4n) is 3.37. The fourth-order valence-corrected chi connectivity index (χ4v) is 3.66. The number of hydrogen-bond acceptors (Lipinski definition) is 6. The number of nitrogens with zero attached hydrogens (tertiary/aromatic N) is 3. The minimum Gasteiger partial charge on any atom is -0.385 e. The molecule has 0 saturated carbocycles. The average Bonchev–Trinajstić information content (AvgIpc) is 2.83. The van der Waals surface area contributed by atoms with Crippen LogP contribution in [0.5, 0.6) is 0 Å². The van der Waals surface area contributed by atoms with Gasteiger partial charge in [-0.1, -0.05) is 17.7 Å². The summed E-state index contributed by atoms with van der Waals surface area (Å²) in [7, 11) is 0. The smallest absolute Gasteiger partial charge is 0.222 e. The highest BCUT2D eigenvalue weighted by atomic mass is 35.5. The van der Waals surface area contributed by atoms with E-state index in [0.717, 1.165) is 59.5 Å². The number of nitrogens with two attached hydrogens (primary N) is 1. The van der Waals surface area contributed by atoms with Gasteiger partial charge in [-0.25, -0.2) is 4.98 Å². The Morgan fingerprint density at radius 1 is 1.31 bits per heavy atom. The lowest BCUT2D eigenvalue weighted by Crippen LogP contribution is -2.32. The maximum absolute atomic E-state index is 6.66. The van der Waals surface area contributed by atoms with Crippen LogP contribution < -0.4 is 16.0 Å². The van der Waals surface area contributed by atoms with E-state index in [0.29, 0.717) is 6.61 Å². The third-order valence-corrected chi connectivity index (χ3v) is 4.89. The average molecular weight is 376 g/mol. The Labute approximate surface area is 159 Å². The van der Waals surface area contributed by atoms with Crippen molar-refractivity contribution < 1.29 is 4.74 Å². The lowest BCUT2D eigenvalue weighted by Gasteiger charge is -2.32. The summed E-state index contributed by atoms with van der Waals surface area (Å²) >= 11 is 6.66. The van der Waals surface area contributed by atoms with Gasteiger partial charge >= 0.3 is 0 Å². The predicted octanol–water partition coefficient (Wildman–Crippen LogP) is 3.73. The van der Waals surface area contributed by atoms with Crippen molar-refractivity contribution in [1.82, 2.24) is 9.97 Å². The minimum absolute atomic E-state index is 0.0203. The Bertz CT molecular complexity index is 763. The third-order valence-electron chi connectivity index (χ3n) is 4.56. The first kappa shape index (κ1) is 18.7. The van der Waals surface area contributed by atoms with Gasteiger partial charge in [0.25, 0.3) is 0 Å². The Morgan fingerprint density at radius 3 is 2.85 bits per heavy atom. The van der Waals surface area contributed by atoms with Crippen LogP contribution in [0.2, 0.25) is 5.02 Å². The van der Waals surface area contributed by atoms with Crippen LogP contribution in [0.4, 0.5) is 17.5 Å². The number of ether oxygens (including phenoxy) is 1. The molecule has 2 aromatic rings. The van der Waals surface area contributed by atoms with E-state index >= 15 is 0 Å². The van der Waals surface area contributed by atoms with Crippen LogP contribution in [0, 0.1) is 13.8 Å². The summed E-state index contributed by atoms with van der Waals surface area (Å²) in [6.07, 6.45) is 0.922. The number of rotatable bonds is 4. The maximum Gasteiger partial charge on any atom is 0.222 e. The largest absolute Gasteiger partial charge is 0.385 e. The molecule has 0 spiro atoms. The van der Waals surface area contributed by atoms with Gasteiger partial charge in [0.05, 0.1) is 12.6 Å². The normalized spacial score (nSPS) is 17.8. The third kappa shape index (κ3) is 4.02. The molecule has 1 aliphatic rings. The number of hydrogen-bond donors (Lipinski definition) is 2. The van der Waals surface area contributed by atoms with E-state index in [-0.39, 0.29) is 12.0 Å². The molecule has 0 aliphatic carbocycles. The van der Waals surface area contributed by atoms with Crippen molar-refractivity contribution in [3.63, 3.8) is 0 Å². The van der Waals surface area contributed by atoms with Crippen molar-refractivity contribution in [2.45, 2.75) is 33.2 Å². The van der Waals surface area contributed by atoms with Crippen molar-refractivity contribution in [1.29, 1.82) is 0 Å². The van der Waals surface area contributed by atoms with Crippen LogP contribution in [0.1, 0.15) is 36.2 Å². The number of halogens is 1. The SMILES string of the molecule is CCNc1cc(Cl)c([C@@H]2COCCCN2c2cc(C)nc(N)n2)cc1C. The zero-order valence-corrected chi connectivity index (χ0v) is 16.3. The van der Waals surface area contributed by atoms with Crippen LogP contribution >= 0.6 is 11.6 Å². The Morgan fingerprint density at radius 2 is 2.12 bits per heavy atom. The van der Waals surface area contributed by atoms with Gasteiger partial charge in [0, 0.05) is 42.2 Å². The van der Waals surface area contributed by atoms with Crippen molar-refractivity contribution >= 4 is 29.1 Å². The second-order valence-corrected chi connectivity index (χ2v) is 6.99. The van der Waals surface area contributed by atoms with Crippen molar-refractivity contribution in [3.05, 3.63) is 40.0 Å². The predicted molar refractivity (Wildman–Crippen MR) is 107 cm³/mol. The topological polar surface area (TPSA) is 76.3 Å². The number of anilines is 3. The molecule has 0 amide bonds. The summed E-state index contributed by atoms with van der Waals surface area (Å²) in [6, 6.07) is 6.08. The quantitative estimate of drug-likeness (QED) is 0.847. The molecule has 2 heterocycles. The molecule has 1 fully saturated rings. The molecule has 1 aromatic carbocycles. The number of benzene rings is 1. The molecule has 6 nitrogen and oxygen atoms in total. The fraction of sp³-hybridized carbons (Fsp3) is 0.474. The highest BCUT2D eigenvalue weighted by molar-refractivity contribution is 6.31. The molecule has 140 valence electrons. The second-order valence-electron chi connectivity index (χ2n) is 6.58. The lowest BCUT2D eigenvalue weighted by molar-refractivity contribution is 0.134. The zero-order chi connectivity index (χ0) is 18.7. The van der Waals surface area contributed by atoms with Crippen LogP contribution in [0.15, 0.2) is 18.2 Å². The maximum atomic E-state index is 6.66. The van der Waals surface area contributed by atoms with Crippen LogP contribution in [-0.2, 0) is 4.74 Å². The zero-order valence-electron chi connectivity index (χ0n) is 15.6. The molecule has 7 heteroatoms. The van der Waals surface area contributed by atoms with E-state index in [1.165, 1.54) is 0 Å². The number of nitrogens with one attached hydrogen (secondary N) is 1. The van der Waals surface area contributed by atoms with Gasteiger partial charge in [0.15, 0.2) is 0 Å². The molecule has 1 saturated heterocycles. The lowest BCUT2D eigenvalue weighted by atomic mass is 10.0. The first-order chi connectivity index (χ1) is 12.5. The Balaban J connectivity index is 2.03. The van der Waals surface area contributed by atoms with E-state index in [4.69, 9.17) is 22.1 Å². The van der Waals surface area contributed by atoms with Crippen LogP contribution in [0.25, 0.3) is 0 Å². The standard InChI is InChI=1S/C19H26ClN5O/c1-4-22-16-10-15(20)14(8-12(16)2)17-11-26-7-5-6-25(17)18-9-13(3)23-19(21)24-18/h8-10,17,22H,4-7,11H2,1-3H3,(H2,21,23,24)/t17-/m0/s1. The highest BCUT2D eigenvalue weighted by Crippen LogP contribution is 2.35. The van der Waals surface area contributed by atoms with Crippen molar-refractivity contribution in [3.8, 4) is 0 Å². The molecule has 26 heavy (non-hydrogen) atoms. The highest BCUT2D eigenvalue weighted by Gasteiger charge is 2.27. The molecule has 0 unspecified atom stereocenters. The van der Waals surface area contributed by atoms with Crippen molar-refractivity contribution in [2.75, 3.05) is 42.3 Å². The van der Waals surface area contributed by atoms with Crippen LogP contribution in [-0.4, -0.2) is 36.3 Å². The summed E-state index contributed by atoms with van der Waals surface area (Å²) in [6.45, 7) is 9.05. The van der Waals surface area contributed by atoms with E-state index in [9.17, 15) is 0 Å². The molecule has 1 aromatic heterocycles. The molecule has 0 bridgehead atoms. The van der Waals surface area contributed by atoms with Gasteiger partial charge in [-0.05, 0) is 44.4 Å². The van der Waals surface area contributed by atoms with E-state index in [2.05, 4.69) is 40.1 Å². The molecule has 1 atom stereocenters. The first-order valence-corrected chi connectivity index (χ1v) is 9.37. The summed E-state index contributed by atoms with van der Waals surface area (Å²) in [5.41, 5.74) is 10.00. The molecule has 1 aliphatic heterocycles. The summed E-state index contributed by atoms with van der Waals surface area (Å²) in [5.74, 6) is 1.10. The summed E-state index contributed by atoms with van der Waals surface area (Å²) < 4.78 is 5.86. The molecule has 3 N–H and O–H groups in total. The molecule has 0 radical (unpaired) electrons. The van der Waals surface area contributed by atoms with Crippen molar-refractivity contribution in [2.24, 2.45) is 0 Å². The number of aromatic nitrogens is 2. The van der Waals surface area contributed by atoms with Gasteiger partial charge in [0.2, 0.25) is 5.95 Å². The van der Waals surface area contributed by atoms with E-state index in [1.54, 1.807) is 0 Å². The Kier molecular flexibility index (Phi) is 5.84. The van der Waals surface area contributed by atoms with Gasteiger partial charge in [-0.3, -0.25) is 0 Å². The summed E-state index contributed by atoms with van der Waals surface area (Å²) in [5, 5.41) is 4.08. The first-order valence-electron chi connectivity index (χ1n) is 8.99. The van der Waals surface area contributed by atoms with Gasteiger partial charge < -0.3 is 20.7 Å². The minimum atomic E-state index is -0.0203. The van der Waals surface area contributed by atoms with Gasteiger partial charge in [0.1, 0.15) is 5.82 Å². The molecular formula is C19H26ClN5O. The van der Waals surface area contributed by atoms with E-state index < -0.39 is 0 Å². The monoisotopic (exact) mass is 375 g/mol. The van der Waals surface area contributed by atoms with E-state index in [1.807, 2.05) is 19.1 Å². The van der Waals surface area contributed by atoms with Gasteiger partial charge in [-0.2, -0.15) is 4.98 Å². The molecule has 3 rings (SSSR count). The van der Waals surface area contributed by atoms with Crippen LogP contribution in [0.3, 0.4) is 0 Å². The second kappa shape index (κ2) is 8.10. The molecular weight excluding hydrogens is 350 g/mol. The number of nitrogen functional groups attached to an aromatic ring is 1. The Hall–Kier alpha value is -2.05. The van der Waals surface area contributed by atoms with Gasteiger partial charge in [-0.15, -0.1) is 0 Å². The number of aryl methyl sites for hydroxylation is 2.